The van der Waals surface area contributed by atoms with Gasteiger partial charge in [0.25, 0.3) is 0 Å². The number of nitrogens with zero attached hydrogens (tertiary/aromatic N) is 1. The van der Waals surface area contributed by atoms with E-state index in [1.807, 2.05) is 44.2 Å². The third-order valence-corrected chi connectivity index (χ3v) is 5.04. The summed E-state index contributed by atoms with van der Waals surface area (Å²) in [5, 5.41) is 4.67. The highest BCUT2D eigenvalue weighted by Crippen LogP contribution is 2.37. The van der Waals surface area contributed by atoms with Gasteiger partial charge in [-0.05, 0) is 49.7 Å². The predicted molar refractivity (Wildman–Crippen MR) is 116 cm³/mol. The average molecular weight is 425 g/mol. The van der Waals surface area contributed by atoms with Crippen molar-refractivity contribution in [2.45, 2.75) is 20.4 Å². The number of benzene rings is 2. The third kappa shape index (κ3) is 5.16. The first-order valence-corrected chi connectivity index (χ1v) is 10.3. The monoisotopic (exact) mass is 424 g/mol. The first kappa shape index (κ1) is 20.9. The maximum Gasteiger partial charge on any atom is 0.179 e. The fourth-order valence-electron chi connectivity index (χ4n) is 3.15. The van der Waals surface area contributed by atoms with Crippen LogP contribution in [0.1, 0.15) is 19.4 Å². The average Bonchev–Trinajstić information content (AvgIpc) is 2.70. The Hall–Kier alpha value is -1.82. The minimum atomic E-state index is 0.533. The molecule has 2 aromatic carbocycles. The number of morpholine rings is 1. The highest BCUT2D eigenvalue weighted by Gasteiger charge is 2.15. The quantitative estimate of drug-likeness (QED) is 0.627. The number of hydrogen-bond donors (Lipinski definition) is 1. The van der Waals surface area contributed by atoms with Crippen LogP contribution in [0.5, 0.6) is 11.5 Å². The van der Waals surface area contributed by atoms with Crippen LogP contribution in [0.4, 0.5) is 11.4 Å². The second-order valence-electron chi connectivity index (χ2n) is 6.39. The molecule has 3 rings (SSSR count). The van der Waals surface area contributed by atoms with Crippen molar-refractivity contribution in [2.75, 3.05) is 49.7 Å². The zero-order valence-electron chi connectivity index (χ0n) is 16.3. The lowest BCUT2D eigenvalue weighted by atomic mass is 10.2. The molecule has 2 aromatic rings. The number of ether oxygens (including phenoxy) is 3. The van der Waals surface area contributed by atoms with E-state index in [0.717, 1.165) is 48.3 Å². The lowest BCUT2D eigenvalue weighted by Crippen LogP contribution is -2.36. The second-order valence-corrected chi connectivity index (χ2v) is 7.20. The van der Waals surface area contributed by atoms with Gasteiger partial charge in [0.2, 0.25) is 0 Å². The van der Waals surface area contributed by atoms with Crippen molar-refractivity contribution in [2.24, 2.45) is 0 Å². The van der Waals surface area contributed by atoms with Gasteiger partial charge in [0.1, 0.15) is 0 Å². The molecule has 0 saturated carbocycles. The summed E-state index contributed by atoms with van der Waals surface area (Å²) < 4.78 is 16.7. The molecule has 0 radical (unpaired) electrons. The van der Waals surface area contributed by atoms with Gasteiger partial charge in [-0.2, -0.15) is 0 Å². The molecular weight excluding hydrogens is 399 g/mol. The van der Waals surface area contributed by atoms with E-state index in [1.54, 1.807) is 0 Å². The van der Waals surface area contributed by atoms with E-state index in [9.17, 15) is 0 Å². The van der Waals surface area contributed by atoms with Crippen molar-refractivity contribution in [1.29, 1.82) is 0 Å². The number of nitrogens with one attached hydrogen (secondary N) is 1. The first-order valence-electron chi connectivity index (χ1n) is 9.56. The summed E-state index contributed by atoms with van der Waals surface area (Å²) in [4.78, 5) is 2.25. The Labute approximate surface area is 176 Å². The molecule has 0 bridgehead atoms. The minimum absolute atomic E-state index is 0.533. The molecule has 5 nitrogen and oxygen atoms in total. The number of anilines is 2. The number of hydrogen-bond acceptors (Lipinski definition) is 5. The molecule has 0 unspecified atom stereocenters. The zero-order valence-corrected chi connectivity index (χ0v) is 17.8. The van der Waals surface area contributed by atoms with Gasteiger partial charge in [0.05, 0.1) is 42.2 Å². The van der Waals surface area contributed by atoms with Crippen LogP contribution in [-0.2, 0) is 11.3 Å². The lowest BCUT2D eigenvalue weighted by molar-refractivity contribution is 0.122. The molecule has 1 heterocycles. The van der Waals surface area contributed by atoms with E-state index in [1.165, 1.54) is 0 Å². The van der Waals surface area contributed by atoms with Crippen LogP contribution in [0.2, 0.25) is 10.0 Å². The van der Waals surface area contributed by atoms with Crippen molar-refractivity contribution in [3.05, 3.63) is 45.9 Å². The normalized spacial score (nSPS) is 14.1. The van der Waals surface area contributed by atoms with Crippen LogP contribution in [0, 0.1) is 0 Å². The van der Waals surface area contributed by atoms with Crippen LogP contribution in [0.3, 0.4) is 0 Å². The maximum absolute atomic E-state index is 6.51. The molecule has 0 amide bonds. The Bertz CT molecular complexity index is 795. The third-order valence-electron chi connectivity index (χ3n) is 4.45. The van der Waals surface area contributed by atoms with Gasteiger partial charge < -0.3 is 24.4 Å². The van der Waals surface area contributed by atoms with Crippen LogP contribution >= 0.6 is 23.2 Å². The van der Waals surface area contributed by atoms with Gasteiger partial charge in [0, 0.05) is 25.3 Å². The van der Waals surface area contributed by atoms with Gasteiger partial charge in [-0.1, -0.05) is 23.2 Å². The molecule has 1 N–H and O–H groups in total. The largest absolute Gasteiger partial charge is 0.490 e. The molecule has 0 spiro atoms. The Kier molecular flexibility index (Phi) is 7.54. The Morgan fingerprint density at radius 2 is 1.75 bits per heavy atom. The van der Waals surface area contributed by atoms with Gasteiger partial charge in [0.15, 0.2) is 11.5 Å². The highest BCUT2D eigenvalue weighted by atomic mass is 35.5. The standard InChI is InChI=1S/C21H26Cl2N2O3/c1-3-27-20-12-15(11-18(23)21(20)28-4-2)14-24-16-5-6-19(17(22)13-16)25-7-9-26-10-8-25/h5-6,11-13,24H,3-4,7-10,14H2,1-2H3. The fourth-order valence-corrected chi connectivity index (χ4v) is 3.74. The van der Waals surface area contributed by atoms with Crippen molar-refractivity contribution < 1.29 is 14.2 Å². The summed E-state index contributed by atoms with van der Waals surface area (Å²) in [6.45, 7) is 8.72. The van der Waals surface area contributed by atoms with E-state index >= 15 is 0 Å². The zero-order chi connectivity index (χ0) is 19.9. The van der Waals surface area contributed by atoms with Gasteiger partial charge in [-0.15, -0.1) is 0 Å². The Morgan fingerprint density at radius 3 is 2.43 bits per heavy atom. The molecule has 1 aliphatic heterocycles. The lowest BCUT2D eigenvalue weighted by Gasteiger charge is -2.29. The molecule has 1 fully saturated rings. The number of halogens is 2. The van der Waals surface area contributed by atoms with Gasteiger partial charge in [-0.25, -0.2) is 0 Å². The molecule has 152 valence electrons. The summed E-state index contributed by atoms with van der Waals surface area (Å²) in [6, 6.07) is 9.89. The summed E-state index contributed by atoms with van der Waals surface area (Å²) >= 11 is 12.9. The maximum atomic E-state index is 6.51. The SMILES string of the molecule is CCOc1cc(CNc2ccc(N3CCOCC3)c(Cl)c2)cc(Cl)c1OCC. The van der Waals surface area contributed by atoms with Crippen LogP contribution < -0.4 is 19.7 Å². The summed E-state index contributed by atoms with van der Waals surface area (Å²) in [5.41, 5.74) is 2.99. The van der Waals surface area contributed by atoms with E-state index in [4.69, 9.17) is 37.4 Å². The first-order chi connectivity index (χ1) is 13.6. The van der Waals surface area contributed by atoms with Gasteiger partial charge in [-0.3, -0.25) is 0 Å². The van der Waals surface area contributed by atoms with Crippen LogP contribution in [0.25, 0.3) is 0 Å². The topological polar surface area (TPSA) is 43.0 Å². The van der Waals surface area contributed by atoms with E-state index in [0.29, 0.717) is 36.3 Å². The van der Waals surface area contributed by atoms with Crippen LogP contribution in [0.15, 0.2) is 30.3 Å². The van der Waals surface area contributed by atoms with E-state index in [2.05, 4.69) is 10.2 Å². The molecule has 1 saturated heterocycles. The van der Waals surface area contributed by atoms with E-state index < -0.39 is 0 Å². The Morgan fingerprint density at radius 1 is 1.00 bits per heavy atom. The van der Waals surface area contributed by atoms with Crippen molar-refractivity contribution in [3.8, 4) is 11.5 Å². The smallest absolute Gasteiger partial charge is 0.179 e. The summed E-state index contributed by atoms with van der Waals surface area (Å²) in [7, 11) is 0. The van der Waals surface area contributed by atoms with E-state index in [-0.39, 0.29) is 0 Å². The van der Waals surface area contributed by atoms with Gasteiger partial charge >= 0.3 is 0 Å². The fraction of sp³-hybridized carbons (Fsp3) is 0.429. The minimum Gasteiger partial charge on any atom is -0.490 e. The highest BCUT2D eigenvalue weighted by molar-refractivity contribution is 6.33. The summed E-state index contributed by atoms with van der Waals surface area (Å²) in [6.07, 6.45) is 0. The Balaban J connectivity index is 1.70. The molecule has 7 heteroatoms. The molecule has 0 aromatic heterocycles. The molecule has 0 atom stereocenters. The summed E-state index contributed by atoms with van der Waals surface area (Å²) in [5.74, 6) is 1.25. The predicted octanol–water partition coefficient (Wildman–Crippen LogP) is 5.24. The molecule has 0 aliphatic carbocycles. The van der Waals surface area contributed by atoms with Crippen molar-refractivity contribution >= 4 is 34.6 Å². The van der Waals surface area contributed by atoms with Crippen LogP contribution in [-0.4, -0.2) is 39.5 Å². The molecule has 28 heavy (non-hydrogen) atoms. The number of rotatable bonds is 8. The van der Waals surface area contributed by atoms with Crippen molar-refractivity contribution in [1.82, 2.24) is 0 Å². The second kappa shape index (κ2) is 10.1. The van der Waals surface area contributed by atoms with Crippen molar-refractivity contribution in [3.63, 3.8) is 0 Å². The molecular formula is C21H26Cl2N2O3. The molecule has 1 aliphatic rings.